The van der Waals surface area contributed by atoms with Crippen LogP contribution >= 0.6 is 11.8 Å². The number of piperazine rings is 1. The third-order valence-corrected chi connectivity index (χ3v) is 7.15. The maximum Gasteiger partial charge on any atom is 0.328 e. The Hall–Kier alpha value is -3.97. The minimum Gasteiger partial charge on any atom is -0.478 e. The summed E-state index contributed by atoms with van der Waals surface area (Å²) in [6.45, 7) is 4.58. The first-order chi connectivity index (χ1) is 19.0. The zero-order valence-corrected chi connectivity index (χ0v) is 22.7. The summed E-state index contributed by atoms with van der Waals surface area (Å²) in [6, 6.07) is 15.6. The fourth-order valence-electron chi connectivity index (χ4n) is 4.00. The Balaban J connectivity index is 0.000000290. The lowest BCUT2D eigenvalue weighted by Crippen LogP contribution is -2.46. The van der Waals surface area contributed by atoms with Crippen LogP contribution in [0.2, 0.25) is 0 Å². The molecule has 0 amide bonds. The van der Waals surface area contributed by atoms with Gasteiger partial charge in [-0.25, -0.2) is 19.2 Å². The molecule has 214 valence electrons. The van der Waals surface area contributed by atoms with Crippen molar-refractivity contribution in [2.24, 2.45) is 0 Å². The van der Waals surface area contributed by atoms with E-state index in [2.05, 4.69) is 59.3 Å². The van der Waals surface area contributed by atoms with Gasteiger partial charge in [0.15, 0.2) is 0 Å². The smallest absolute Gasteiger partial charge is 0.328 e. The Bertz CT molecular complexity index is 1190. The zero-order chi connectivity index (χ0) is 29.7. The van der Waals surface area contributed by atoms with Crippen LogP contribution < -0.4 is 0 Å². The second-order valence-electron chi connectivity index (χ2n) is 8.82. The van der Waals surface area contributed by atoms with Crippen molar-refractivity contribution < 1.29 is 44.7 Å². The number of likely N-dealkylation sites (N-methyl/N-ethyl adjacent to an activating group) is 1. The summed E-state index contributed by atoms with van der Waals surface area (Å²) in [5, 5.41) is 40.8. The van der Waals surface area contributed by atoms with Gasteiger partial charge in [0.05, 0.1) is 6.61 Å². The van der Waals surface area contributed by atoms with E-state index in [0.29, 0.717) is 30.3 Å². The Labute approximate surface area is 235 Å². The molecule has 1 fully saturated rings. The quantitative estimate of drug-likeness (QED) is 0.320. The minimum absolute atomic E-state index is 0.111. The number of nitrogens with zero attached hydrogens (tertiary/aromatic N) is 2. The van der Waals surface area contributed by atoms with Gasteiger partial charge in [-0.1, -0.05) is 42.1 Å². The third kappa shape index (κ3) is 11.0. The Kier molecular flexibility index (Phi) is 13.1. The van der Waals surface area contributed by atoms with Crippen LogP contribution in [0.15, 0.2) is 76.6 Å². The minimum atomic E-state index is -1.26. The summed E-state index contributed by atoms with van der Waals surface area (Å²) >= 11 is 1.87. The van der Waals surface area contributed by atoms with E-state index in [1.54, 1.807) is 0 Å². The van der Waals surface area contributed by atoms with E-state index in [0.717, 1.165) is 38.2 Å². The van der Waals surface area contributed by atoms with E-state index in [1.165, 1.54) is 20.9 Å². The van der Waals surface area contributed by atoms with Gasteiger partial charge < -0.3 is 30.4 Å². The molecule has 12 heteroatoms. The van der Waals surface area contributed by atoms with Gasteiger partial charge in [-0.3, -0.25) is 4.90 Å². The van der Waals surface area contributed by atoms with Crippen LogP contribution in [0.4, 0.5) is 0 Å². The summed E-state index contributed by atoms with van der Waals surface area (Å²) < 4.78 is 0. The van der Waals surface area contributed by atoms with Gasteiger partial charge in [0.1, 0.15) is 0 Å². The average Bonchev–Trinajstić information content (AvgIpc) is 3.08. The number of rotatable bonds is 6. The number of aliphatic hydroxyl groups is 1. The topological polar surface area (TPSA) is 176 Å². The molecular formula is C28H32N2O9S. The highest BCUT2D eigenvalue weighted by atomic mass is 32.2. The van der Waals surface area contributed by atoms with Crippen molar-refractivity contribution in [1.29, 1.82) is 0 Å². The van der Waals surface area contributed by atoms with E-state index in [-0.39, 0.29) is 6.61 Å². The molecule has 0 aliphatic carbocycles. The van der Waals surface area contributed by atoms with E-state index in [9.17, 15) is 24.3 Å². The van der Waals surface area contributed by atoms with Crippen LogP contribution in [0.25, 0.3) is 0 Å². The molecule has 1 saturated heterocycles. The average molecular weight is 573 g/mol. The molecule has 0 spiro atoms. The summed E-state index contributed by atoms with van der Waals surface area (Å²) in [6.07, 6.45) is 3.28. The number of aliphatic carboxylic acids is 4. The number of fused-ring (bicyclic) bond motifs is 2. The molecule has 0 aromatic heterocycles. The van der Waals surface area contributed by atoms with Crippen LogP contribution in [0.5, 0.6) is 0 Å². The fourth-order valence-corrected chi connectivity index (χ4v) is 5.12. The molecule has 2 heterocycles. The van der Waals surface area contributed by atoms with Crippen molar-refractivity contribution >= 4 is 35.6 Å². The molecule has 11 nitrogen and oxygen atoms in total. The number of hydrogen-bond donors (Lipinski definition) is 5. The second kappa shape index (κ2) is 16.2. The summed E-state index contributed by atoms with van der Waals surface area (Å²) in [4.78, 5) is 45.9. The molecule has 2 aliphatic heterocycles. The number of carboxylic acid groups (broad SMARTS) is 4. The first kappa shape index (κ1) is 32.2. The molecule has 5 N–H and O–H groups in total. The fraction of sp³-hybridized carbons (Fsp3) is 0.286. The van der Waals surface area contributed by atoms with E-state index in [4.69, 9.17) is 20.4 Å². The van der Waals surface area contributed by atoms with Crippen LogP contribution in [-0.4, -0.2) is 92.4 Å². The molecule has 0 radical (unpaired) electrons. The summed E-state index contributed by atoms with van der Waals surface area (Å²) in [7, 11) is 2.20. The van der Waals surface area contributed by atoms with Crippen molar-refractivity contribution in [1.82, 2.24) is 9.80 Å². The molecule has 0 bridgehead atoms. The highest BCUT2D eigenvalue weighted by Crippen LogP contribution is 2.43. The molecule has 2 aromatic rings. The molecule has 40 heavy (non-hydrogen) atoms. The largest absolute Gasteiger partial charge is 0.478 e. The van der Waals surface area contributed by atoms with Gasteiger partial charge in [-0.15, -0.1) is 0 Å². The van der Waals surface area contributed by atoms with Crippen LogP contribution in [0, 0.1) is 0 Å². The third-order valence-electron chi connectivity index (χ3n) is 5.94. The van der Waals surface area contributed by atoms with Crippen LogP contribution in [-0.2, 0) is 32.2 Å². The predicted octanol–water partition coefficient (Wildman–Crippen LogP) is 2.60. The number of benzene rings is 2. The van der Waals surface area contributed by atoms with Gasteiger partial charge >= 0.3 is 23.9 Å². The lowest BCUT2D eigenvalue weighted by Gasteiger charge is -2.38. The highest BCUT2D eigenvalue weighted by Gasteiger charge is 2.29. The number of carbonyl (C=O) groups is 4. The van der Waals surface area contributed by atoms with Gasteiger partial charge in [0.2, 0.25) is 0 Å². The van der Waals surface area contributed by atoms with Crippen molar-refractivity contribution in [3.8, 4) is 0 Å². The summed E-state index contributed by atoms with van der Waals surface area (Å²) in [5.41, 5.74) is 3.83. The molecular weight excluding hydrogens is 540 g/mol. The number of carboxylic acids is 4. The molecule has 2 aromatic carbocycles. The van der Waals surface area contributed by atoms with Crippen molar-refractivity contribution in [2.45, 2.75) is 28.9 Å². The summed E-state index contributed by atoms with van der Waals surface area (Å²) in [5.74, 6) is -5.03. The normalized spacial score (nSPS) is 16.9. The lowest BCUT2D eigenvalue weighted by molar-refractivity contribution is -0.134. The van der Waals surface area contributed by atoms with Gasteiger partial charge in [-0.2, -0.15) is 0 Å². The number of hydrogen-bond acceptors (Lipinski definition) is 8. The molecule has 2 aliphatic rings. The van der Waals surface area contributed by atoms with E-state index in [1.807, 2.05) is 11.8 Å². The SMILES string of the molecule is CN1CCN(C2Cc3ccccc3Sc3ccc(CO)cc32)CC1.O=C(O)/C=C\C(=O)O.O=C(O)/C=C\C(=O)O. The molecule has 1 unspecified atom stereocenters. The second-order valence-corrected chi connectivity index (χ2v) is 9.90. The molecule has 0 saturated carbocycles. The maximum absolute atomic E-state index is 9.59. The first-order valence-electron chi connectivity index (χ1n) is 12.2. The highest BCUT2D eigenvalue weighted by molar-refractivity contribution is 7.99. The van der Waals surface area contributed by atoms with Gasteiger partial charge in [0.25, 0.3) is 0 Å². The van der Waals surface area contributed by atoms with Crippen molar-refractivity contribution in [3.05, 3.63) is 83.5 Å². The predicted molar refractivity (Wildman–Crippen MR) is 147 cm³/mol. The number of aliphatic hydroxyl groups excluding tert-OH is 1. The van der Waals surface area contributed by atoms with Crippen LogP contribution in [0.1, 0.15) is 22.7 Å². The monoisotopic (exact) mass is 572 g/mol. The standard InChI is InChI=1S/C20H24N2OS.2C4H4O4/c1-21-8-10-22(11-9-21)18-13-16-4-2-3-5-19(16)24-20-7-6-15(14-23)12-17(18)20;2*5-3(6)1-2-4(7)8/h2-7,12,18,23H,8-11,13-14H2,1H3;2*1-2H,(H,5,6)(H,7,8)/b;2*2-1-. The molecule has 4 rings (SSSR count). The van der Waals surface area contributed by atoms with E-state index < -0.39 is 23.9 Å². The van der Waals surface area contributed by atoms with Crippen molar-refractivity contribution in [2.75, 3.05) is 33.2 Å². The molecule has 1 atom stereocenters. The van der Waals surface area contributed by atoms with E-state index >= 15 is 0 Å². The maximum atomic E-state index is 9.59. The Morgan fingerprint density at radius 2 is 1.32 bits per heavy atom. The zero-order valence-electron chi connectivity index (χ0n) is 21.8. The van der Waals surface area contributed by atoms with Crippen LogP contribution in [0.3, 0.4) is 0 Å². The Morgan fingerprint density at radius 1 is 0.800 bits per heavy atom. The first-order valence-corrected chi connectivity index (χ1v) is 13.0. The van der Waals surface area contributed by atoms with Crippen molar-refractivity contribution in [3.63, 3.8) is 0 Å². The van der Waals surface area contributed by atoms with Gasteiger partial charge in [-0.05, 0) is 42.3 Å². The van der Waals surface area contributed by atoms with Gasteiger partial charge in [0, 0.05) is 66.3 Å². The Morgan fingerprint density at radius 3 is 1.82 bits per heavy atom. The lowest BCUT2D eigenvalue weighted by atomic mass is 9.95.